The number of anilines is 1. The van der Waals surface area contributed by atoms with Crippen molar-refractivity contribution in [2.75, 3.05) is 25.0 Å². The number of nitriles is 1. The standard InChI is InChI=1S/C27H31BrN6O6/c28-18-5-15(4-17(8-18)27(14-29)2-1-3-27)22(10-24(38)39)34-23(37)13-30-25(40)16-6-19(9-20(35)7-16)33-26-31-11-21(36)12-32-26/h4-9,21-23,34-37H,1-3,10-13H2,(H,30,40)(H,38,39)(H2,31,32,33). The van der Waals surface area contributed by atoms with Crippen LogP contribution in [0, 0.1) is 11.3 Å². The topological polar surface area (TPSA) is 199 Å². The molecule has 1 aliphatic carbocycles. The van der Waals surface area contributed by atoms with E-state index in [1.165, 1.54) is 18.2 Å². The number of phenolic OH excluding ortho intramolecular Hbond substituents is 1. The molecule has 0 spiro atoms. The molecular formula is C27H31BrN6O6. The van der Waals surface area contributed by atoms with Gasteiger partial charge in [0.1, 0.15) is 12.0 Å². The highest BCUT2D eigenvalue weighted by Gasteiger charge is 2.39. The summed E-state index contributed by atoms with van der Waals surface area (Å²) >= 11 is 3.46. The van der Waals surface area contributed by atoms with Crippen molar-refractivity contribution in [2.45, 2.75) is 49.5 Å². The quantitative estimate of drug-likeness (QED) is 0.182. The van der Waals surface area contributed by atoms with Gasteiger partial charge in [0.25, 0.3) is 5.91 Å². The highest BCUT2D eigenvalue weighted by molar-refractivity contribution is 9.10. The number of aliphatic imine (C=N–C) groups is 1. The lowest BCUT2D eigenvalue weighted by Crippen LogP contribution is -2.43. The van der Waals surface area contributed by atoms with Crippen LogP contribution < -0.4 is 21.3 Å². The van der Waals surface area contributed by atoms with Crippen molar-refractivity contribution in [1.29, 1.82) is 5.26 Å². The van der Waals surface area contributed by atoms with E-state index in [9.17, 15) is 35.3 Å². The molecule has 2 aliphatic rings. The van der Waals surface area contributed by atoms with Gasteiger partial charge in [0.05, 0.1) is 37.1 Å². The van der Waals surface area contributed by atoms with Crippen LogP contribution >= 0.6 is 15.9 Å². The summed E-state index contributed by atoms with van der Waals surface area (Å²) in [5, 5.41) is 60.8. The summed E-state index contributed by atoms with van der Waals surface area (Å²) in [6.07, 6.45) is 0.171. The van der Waals surface area contributed by atoms with Crippen molar-refractivity contribution in [1.82, 2.24) is 16.0 Å². The van der Waals surface area contributed by atoms with Crippen molar-refractivity contribution in [3.8, 4) is 11.8 Å². The zero-order chi connectivity index (χ0) is 28.9. The van der Waals surface area contributed by atoms with Crippen LogP contribution in [0.5, 0.6) is 5.75 Å². The third kappa shape index (κ3) is 7.28. The van der Waals surface area contributed by atoms with Crippen LogP contribution in [0.15, 0.2) is 45.9 Å². The lowest BCUT2D eigenvalue weighted by Gasteiger charge is -2.36. The number of nitrogens with zero attached hydrogens (tertiary/aromatic N) is 2. The molecule has 1 fully saturated rings. The van der Waals surface area contributed by atoms with E-state index in [-0.39, 0.29) is 30.8 Å². The van der Waals surface area contributed by atoms with Crippen LogP contribution in [0.3, 0.4) is 0 Å². The molecule has 0 radical (unpaired) electrons. The number of rotatable bonds is 10. The SMILES string of the molecule is N#CC1(c2cc(Br)cc(C(CC(=O)O)NC(O)CNC(=O)c3cc(O)cc(NC4=NCC(O)CN4)c3)c2)CCC1. The van der Waals surface area contributed by atoms with Gasteiger partial charge in [-0.15, -0.1) is 0 Å². The molecule has 1 amide bonds. The molecule has 212 valence electrons. The zero-order valence-corrected chi connectivity index (χ0v) is 23.1. The normalized spacial score (nSPS) is 19.1. The van der Waals surface area contributed by atoms with Gasteiger partial charge in [-0.1, -0.05) is 22.0 Å². The molecule has 12 nitrogen and oxygen atoms in total. The van der Waals surface area contributed by atoms with Gasteiger partial charge in [-0.05, 0) is 54.7 Å². The molecule has 0 saturated heterocycles. The second-order valence-electron chi connectivity index (χ2n) is 9.98. The Labute approximate surface area is 239 Å². The molecule has 2 aromatic carbocycles. The molecule has 1 aliphatic heterocycles. The second kappa shape index (κ2) is 12.6. The molecule has 1 saturated carbocycles. The molecule has 40 heavy (non-hydrogen) atoms. The van der Waals surface area contributed by atoms with E-state index in [1.807, 2.05) is 6.07 Å². The van der Waals surface area contributed by atoms with Crippen LogP contribution in [-0.4, -0.2) is 70.2 Å². The molecule has 0 bridgehead atoms. The third-order valence-electron chi connectivity index (χ3n) is 6.93. The fourth-order valence-corrected chi connectivity index (χ4v) is 5.19. The predicted octanol–water partition coefficient (Wildman–Crippen LogP) is 1.69. The Kier molecular flexibility index (Phi) is 9.26. The maximum atomic E-state index is 12.8. The number of aliphatic hydroxyl groups excluding tert-OH is 2. The van der Waals surface area contributed by atoms with Gasteiger partial charge in [-0.2, -0.15) is 5.26 Å². The van der Waals surface area contributed by atoms with E-state index in [1.54, 1.807) is 12.1 Å². The fourth-order valence-electron chi connectivity index (χ4n) is 4.68. The number of halogens is 1. The summed E-state index contributed by atoms with van der Waals surface area (Å²) < 4.78 is 0.695. The summed E-state index contributed by atoms with van der Waals surface area (Å²) in [5.41, 5.74) is 1.29. The number of benzene rings is 2. The van der Waals surface area contributed by atoms with Crippen LogP contribution in [-0.2, 0) is 10.2 Å². The minimum atomic E-state index is -1.30. The minimum Gasteiger partial charge on any atom is -0.508 e. The Morgan fingerprint density at radius 3 is 2.62 bits per heavy atom. The molecule has 13 heteroatoms. The van der Waals surface area contributed by atoms with E-state index < -0.39 is 35.7 Å². The summed E-state index contributed by atoms with van der Waals surface area (Å²) in [4.78, 5) is 28.6. The van der Waals surface area contributed by atoms with Crippen LogP contribution in [0.4, 0.5) is 5.69 Å². The summed E-state index contributed by atoms with van der Waals surface area (Å²) in [5.74, 6) is -1.44. The number of carboxylic acid groups (broad SMARTS) is 1. The maximum absolute atomic E-state index is 12.8. The Hall–Kier alpha value is -3.70. The zero-order valence-electron chi connectivity index (χ0n) is 21.5. The number of β-amino-alcohol motifs (C(OH)–C–C–N with tert-alkyl or cyclic N) is 1. The number of phenols is 1. The second-order valence-corrected chi connectivity index (χ2v) is 10.9. The number of aliphatic carboxylic acids is 1. The number of aromatic hydroxyl groups is 1. The third-order valence-corrected chi connectivity index (χ3v) is 7.39. The van der Waals surface area contributed by atoms with Crippen molar-refractivity contribution >= 4 is 39.5 Å². The highest BCUT2D eigenvalue weighted by Crippen LogP contribution is 2.44. The van der Waals surface area contributed by atoms with E-state index >= 15 is 0 Å². The molecule has 3 atom stereocenters. The number of nitrogens with one attached hydrogen (secondary N) is 4. The van der Waals surface area contributed by atoms with Gasteiger partial charge < -0.3 is 36.4 Å². The van der Waals surface area contributed by atoms with Gasteiger partial charge in [-0.3, -0.25) is 19.9 Å². The average Bonchev–Trinajstić information content (AvgIpc) is 2.87. The summed E-state index contributed by atoms with van der Waals surface area (Å²) in [6, 6.07) is 11.2. The smallest absolute Gasteiger partial charge is 0.305 e. The number of hydrogen-bond donors (Lipinski definition) is 8. The maximum Gasteiger partial charge on any atom is 0.305 e. The lowest BCUT2D eigenvalue weighted by molar-refractivity contribution is -0.137. The number of amides is 1. The van der Waals surface area contributed by atoms with E-state index in [0.717, 1.165) is 24.8 Å². The molecule has 1 heterocycles. The van der Waals surface area contributed by atoms with Gasteiger partial charge in [0.2, 0.25) is 0 Å². The van der Waals surface area contributed by atoms with Crippen molar-refractivity contribution in [2.24, 2.45) is 4.99 Å². The summed E-state index contributed by atoms with van der Waals surface area (Å²) in [6.45, 7) is 0.282. The minimum absolute atomic E-state index is 0.118. The number of guanidine groups is 1. The molecule has 4 rings (SSSR count). The first kappa shape index (κ1) is 29.3. The number of aliphatic hydroxyl groups is 2. The molecule has 3 unspecified atom stereocenters. The number of hydrogen-bond acceptors (Lipinski definition) is 10. The summed E-state index contributed by atoms with van der Waals surface area (Å²) in [7, 11) is 0. The highest BCUT2D eigenvalue weighted by atomic mass is 79.9. The Morgan fingerprint density at radius 2 is 2.00 bits per heavy atom. The van der Waals surface area contributed by atoms with Crippen LogP contribution in [0.2, 0.25) is 0 Å². The van der Waals surface area contributed by atoms with E-state index in [0.29, 0.717) is 28.2 Å². The Morgan fingerprint density at radius 1 is 1.23 bits per heavy atom. The van der Waals surface area contributed by atoms with Gasteiger partial charge >= 0.3 is 5.97 Å². The molecule has 8 N–H and O–H groups in total. The van der Waals surface area contributed by atoms with Crippen molar-refractivity contribution in [3.63, 3.8) is 0 Å². The largest absolute Gasteiger partial charge is 0.508 e. The van der Waals surface area contributed by atoms with Crippen molar-refractivity contribution < 1.29 is 30.0 Å². The number of carboxylic acids is 1. The average molecular weight is 615 g/mol. The van der Waals surface area contributed by atoms with Crippen LogP contribution in [0.1, 0.15) is 53.2 Å². The fraction of sp³-hybridized carbons (Fsp3) is 0.407. The molecule has 2 aromatic rings. The number of carbonyl (C=O) groups excluding carboxylic acids is 1. The Bertz CT molecular complexity index is 1340. The first-order valence-electron chi connectivity index (χ1n) is 12.8. The van der Waals surface area contributed by atoms with Crippen LogP contribution in [0.25, 0.3) is 0 Å². The van der Waals surface area contributed by atoms with E-state index in [4.69, 9.17) is 0 Å². The lowest BCUT2D eigenvalue weighted by atomic mass is 9.65. The first-order chi connectivity index (χ1) is 19.1. The first-order valence-corrected chi connectivity index (χ1v) is 13.6. The van der Waals surface area contributed by atoms with Crippen molar-refractivity contribution in [3.05, 3.63) is 57.6 Å². The molecular weight excluding hydrogens is 584 g/mol. The monoisotopic (exact) mass is 614 g/mol. The predicted molar refractivity (Wildman–Crippen MR) is 150 cm³/mol. The number of carbonyl (C=O) groups is 2. The van der Waals surface area contributed by atoms with Gasteiger partial charge in [0, 0.05) is 34.4 Å². The van der Waals surface area contributed by atoms with E-state index in [2.05, 4.69) is 48.3 Å². The molecule has 0 aromatic heterocycles. The Balaban J connectivity index is 1.41. The van der Waals surface area contributed by atoms with Gasteiger partial charge in [0.15, 0.2) is 5.96 Å². The van der Waals surface area contributed by atoms with Gasteiger partial charge in [-0.25, -0.2) is 0 Å².